The van der Waals surface area contributed by atoms with Crippen molar-refractivity contribution in [1.82, 2.24) is 0 Å². The lowest BCUT2D eigenvalue weighted by Crippen LogP contribution is -2.01. The van der Waals surface area contributed by atoms with Crippen LogP contribution in [0.4, 0.5) is 0 Å². The van der Waals surface area contributed by atoms with E-state index in [1.807, 2.05) is 24.3 Å². The zero-order chi connectivity index (χ0) is 9.97. The smallest absolute Gasteiger partial charge is 0.120 e. The lowest BCUT2D eigenvalue weighted by molar-refractivity contribution is -0.108. The van der Waals surface area contributed by atoms with Gasteiger partial charge in [0.2, 0.25) is 0 Å². The Morgan fingerprint density at radius 1 is 1.36 bits per heavy atom. The quantitative estimate of drug-likeness (QED) is 0.693. The van der Waals surface area contributed by atoms with Crippen LogP contribution in [0.25, 0.3) is 0 Å². The van der Waals surface area contributed by atoms with Crippen LogP contribution in [-0.2, 0) is 4.79 Å². The van der Waals surface area contributed by atoms with Crippen molar-refractivity contribution in [1.29, 1.82) is 0 Å². The third-order valence-electron chi connectivity index (χ3n) is 2.84. The number of rotatable bonds is 4. The molecule has 0 aromatic heterocycles. The average Bonchev–Trinajstić information content (AvgIpc) is 2.99. The van der Waals surface area contributed by atoms with Gasteiger partial charge in [-0.1, -0.05) is 23.7 Å². The Balaban J connectivity index is 2.16. The van der Waals surface area contributed by atoms with E-state index in [0.717, 1.165) is 17.2 Å². The number of carbonyl (C=O) groups excluding carboxylic acids is 1. The molecule has 0 bridgehead atoms. The van der Waals surface area contributed by atoms with E-state index in [2.05, 4.69) is 0 Å². The van der Waals surface area contributed by atoms with Crippen molar-refractivity contribution < 1.29 is 4.79 Å². The molecule has 14 heavy (non-hydrogen) atoms. The van der Waals surface area contributed by atoms with Crippen LogP contribution in [0.3, 0.4) is 0 Å². The normalized spacial score (nSPS) is 17.8. The van der Waals surface area contributed by atoms with Crippen molar-refractivity contribution in [2.45, 2.75) is 25.2 Å². The Morgan fingerprint density at radius 2 is 2.00 bits per heavy atom. The van der Waals surface area contributed by atoms with Gasteiger partial charge in [0.05, 0.1) is 0 Å². The molecule has 0 radical (unpaired) electrons. The minimum atomic E-state index is 0.421. The number of carbonyl (C=O) groups is 1. The van der Waals surface area contributed by atoms with Gasteiger partial charge in [-0.2, -0.15) is 0 Å². The van der Waals surface area contributed by atoms with Crippen LogP contribution in [0.1, 0.15) is 30.7 Å². The highest BCUT2D eigenvalue weighted by Crippen LogP contribution is 2.44. The molecule has 2 heteroatoms. The molecule has 2 rings (SSSR count). The first kappa shape index (κ1) is 9.72. The number of hydrogen-bond acceptors (Lipinski definition) is 1. The molecule has 1 saturated carbocycles. The fourth-order valence-corrected chi connectivity index (χ4v) is 2.04. The summed E-state index contributed by atoms with van der Waals surface area (Å²) < 4.78 is 0. The Labute approximate surface area is 89.1 Å². The Bertz CT molecular complexity index is 314. The summed E-state index contributed by atoms with van der Waals surface area (Å²) >= 11 is 5.82. The van der Waals surface area contributed by atoms with Gasteiger partial charge < -0.3 is 4.79 Å². The van der Waals surface area contributed by atoms with Gasteiger partial charge in [0.15, 0.2) is 0 Å². The fourth-order valence-electron chi connectivity index (χ4n) is 1.91. The summed E-state index contributed by atoms with van der Waals surface area (Å²) in [4.78, 5) is 10.6. The van der Waals surface area contributed by atoms with Gasteiger partial charge in [-0.3, -0.25) is 0 Å². The Morgan fingerprint density at radius 3 is 2.50 bits per heavy atom. The highest BCUT2D eigenvalue weighted by molar-refractivity contribution is 6.30. The van der Waals surface area contributed by atoms with Crippen molar-refractivity contribution in [3.8, 4) is 0 Å². The van der Waals surface area contributed by atoms with Gasteiger partial charge in [-0.25, -0.2) is 0 Å². The minimum absolute atomic E-state index is 0.421. The second-order valence-corrected chi connectivity index (χ2v) is 4.33. The summed E-state index contributed by atoms with van der Waals surface area (Å²) in [6, 6.07) is 7.87. The maximum absolute atomic E-state index is 10.6. The summed E-state index contributed by atoms with van der Waals surface area (Å²) in [5.74, 6) is 1.14. The van der Waals surface area contributed by atoms with E-state index in [-0.39, 0.29) is 0 Å². The molecule has 1 fully saturated rings. The van der Waals surface area contributed by atoms with Gasteiger partial charge in [0.25, 0.3) is 0 Å². The molecular weight excluding hydrogens is 196 g/mol. The summed E-state index contributed by atoms with van der Waals surface area (Å²) in [6.45, 7) is 0. The molecule has 74 valence electrons. The zero-order valence-electron chi connectivity index (χ0n) is 7.95. The summed E-state index contributed by atoms with van der Waals surface area (Å²) in [5.41, 5.74) is 1.25. The molecule has 1 aromatic rings. The van der Waals surface area contributed by atoms with E-state index < -0.39 is 0 Å². The van der Waals surface area contributed by atoms with E-state index in [9.17, 15) is 4.79 Å². The molecule has 1 aromatic carbocycles. The van der Waals surface area contributed by atoms with Crippen molar-refractivity contribution in [3.05, 3.63) is 34.9 Å². The third kappa shape index (κ3) is 2.16. The first-order valence-electron chi connectivity index (χ1n) is 5.00. The predicted molar refractivity (Wildman–Crippen MR) is 57.6 cm³/mol. The molecule has 0 aliphatic heterocycles. The van der Waals surface area contributed by atoms with Crippen LogP contribution in [0.2, 0.25) is 5.02 Å². The van der Waals surface area contributed by atoms with E-state index in [1.54, 1.807) is 0 Å². The van der Waals surface area contributed by atoms with Crippen molar-refractivity contribution >= 4 is 17.9 Å². The molecule has 1 unspecified atom stereocenters. The van der Waals surface area contributed by atoms with E-state index >= 15 is 0 Å². The maximum Gasteiger partial charge on any atom is 0.120 e. The number of hydrogen-bond donors (Lipinski definition) is 0. The highest BCUT2D eigenvalue weighted by Gasteiger charge is 2.31. The standard InChI is InChI=1S/C12H13ClO/c13-11-5-3-10(4-6-11)12(7-8-14)9-1-2-9/h3-6,8-9,12H,1-2,7H2. The molecular formula is C12H13ClO. The van der Waals surface area contributed by atoms with Crippen molar-refractivity contribution in [3.63, 3.8) is 0 Å². The van der Waals surface area contributed by atoms with Crippen LogP contribution >= 0.6 is 11.6 Å². The lowest BCUT2D eigenvalue weighted by Gasteiger charge is -2.13. The fraction of sp³-hybridized carbons (Fsp3) is 0.417. The van der Waals surface area contributed by atoms with Crippen LogP contribution in [0.15, 0.2) is 24.3 Å². The number of benzene rings is 1. The molecule has 0 heterocycles. The Hall–Kier alpha value is -0.820. The van der Waals surface area contributed by atoms with Gasteiger partial charge in [0.1, 0.15) is 6.29 Å². The zero-order valence-corrected chi connectivity index (χ0v) is 8.70. The minimum Gasteiger partial charge on any atom is -0.303 e. The van der Waals surface area contributed by atoms with Crippen LogP contribution in [-0.4, -0.2) is 6.29 Å². The Kier molecular flexibility index (Phi) is 2.87. The highest BCUT2D eigenvalue weighted by atomic mass is 35.5. The van der Waals surface area contributed by atoms with Crippen molar-refractivity contribution in [2.75, 3.05) is 0 Å². The van der Waals surface area contributed by atoms with E-state index in [0.29, 0.717) is 12.3 Å². The lowest BCUT2D eigenvalue weighted by atomic mass is 9.92. The molecule has 0 N–H and O–H groups in total. The van der Waals surface area contributed by atoms with Gasteiger partial charge >= 0.3 is 0 Å². The van der Waals surface area contributed by atoms with Crippen LogP contribution in [0.5, 0.6) is 0 Å². The number of halogens is 1. The first-order chi connectivity index (χ1) is 6.81. The van der Waals surface area contributed by atoms with Gasteiger partial charge in [-0.15, -0.1) is 0 Å². The van der Waals surface area contributed by atoms with E-state index in [4.69, 9.17) is 11.6 Å². The van der Waals surface area contributed by atoms with E-state index in [1.165, 1.54) is 18.4 Å². The van der Waals surface area contributed by atoms with Crippen LogP contribution < -0.4 is 0 Å². The summed E-state index contributed by atoms with van der Waals surface area (Å²) in [5, 5.41) is 0.759. The van der Waals surface area contributed by atoms with Crippen molar-refractivity contribution in [2.24, 2.45) is 5.92 Å². The van der Waals surface area contributed by atoms with Crippen LogP contribution in [0, 0.1) is 5.92 Å². The largest absolute Gasteiger partial charge is 0.303 e. The monoisotopic (exact) mass is 208 g/mol. The molecule has 1 atom stereocenters. The van der Waals surface area contributed by atoms with Gasteiger partial charge in [0, 0.05) is 11.4 Å². The summed E-state index contributed by atoms with van der Waals surface area (Å²) in [7, 11) is 0. The number of aldehydes is 1. The SMILES string of the molecule is O=CCC(c1ccc(Cl)cc1)C1CC1. The summed E-state index contributed by atoms with van der Waals surface area (Å²) in [6.07, 6.45) is 4.20. The molecule has 1 nitrogen and oxygen atoms in total. The molecule has 0 saturated heterocycles. The first-order valence-corrected chi connectivity index (χ1v) is 5.38. The second kappa shape index (κ2) is 4.14. The second-order valence-electron chi connectivity index (χ2n) is 3.90. The molecule has 0 amide bonds. The molecule has 1 aliphatic carbocycles. The average molecular weight is 209 g/mol. The molecule has 1 aliphatic rings. The molecule has 0 spiro atoms. The topological polar surface area (TPSA) is 17.1 Å². The maximum atomic E-state index is 10.6. The van der Waals surface area contributed by atoms with Gasteiger partial charge in [-0.05, 0) is 42.4 Å². The third-order valence-corrected chi connectivity index (χ3v) is 3.09. The predicted octanol–water partition coefficient (Wildman–Crippen LogP) is 3.42.